The molecule has 0 aliphatic rings. The average Bonchev–Trinajstić information content (AvgIpc) is 1.97. The predicted octanol–water partition coefficient (Wildman–Crippen LogP) is -0.0979. The van der Waals surface area contributed by atoms with Crippen molar-refractivity contribution in [3.63, 3.8) is 0 Å². The monoisotopic (exact) mass is 214 g/mol. The molecule has 6 heteroatoms. The lowest BCUT2D eigenvalue weighted by atomic mass is 10.2. The largest absolute Gasteiger partial charge is 0.480 e. The molecule has 12 heavy (non-hydrogen) atoms. The molecule has 4 nitrogen and oxygen atoms in total. The number of hydrogen-bond donors (Lipinski definition) is 3. The van der Waals surface area contributed by atoms with Crippen molar-refractivity contribution >= 4 is 30.1 Å². The van der Waals surface area contributed by atoms with Crippen LogP contribution in [0.2, 0.25) is 0 Å². The average molecular weight is 215 g/mol. The first-order valence-electron chi connectivity index (χ1n) is 3.44. The van der Waals surface area contributed by atoms with Crippen molar-refractivity contribution in [2.75, 3.05) is 18.1 Å². The number of thioether (sulfide) groups is 1. The van der Waals surface area contributed by atoms with E-state index in [0.717, 1.165) is 11.5 Å². The second kappa shape index (κ2) is 9.12. The van der Waals surface area contributed by atoms with Crippen LogP contribution in [0.25, 0.3) is 0 Å². The van der Waals surface area contributed by atoms with Gasteiger partial charge in [0, 0.05) is 12.3 Å². The molecule has 0 bridgehead atoms. The lowest BCUT2D eigenvalue weighted by Crippen LogP contribution is -2.30. The number of carboxylic acid groups (broad SMARTS) is 1. The third-order valence-electron chi connectivity index (χ3n) is 1.15. The molecule has 1 unspecified atom stereocenters. The minimum atomic E-state index is -0.932. The second-order valence-corrected chi connectivity index (χ2v) is 3.36. The molecule has 0 aromatic heterocycles. The Morgan fingerprint density at radius 3 is 2.50 bits per heavy atom. The Labute approximate surface area is 82.5 Å². The van der Waals surface area contributed by atoms with Gasteiger partial charge in [-0.1, -0.05) is 0 Å². The Kier molecular flexibility index (Phi) is 11.1. The standard InChI is InChI=1S/C6H14N2O2S.ClH/c7-2-4-11-3-1-5(8)6(9)10;/h5H,1-4,7-8H2,(H,9,10);1H. The van der Waals surface area contributed by atoms with Gasteiger partial charge in [0.1, 0.15) is 6.04 Å². The number of rotatable bonds is 6. The summed E-state index contributed by atoms with van der Waals surface area (Å²) in [5.41, 5.74) is 10.5. The third kappa shape index (κ3) is 8.13. The SMILES string of the molecule is Cl.NCCSCCC(N)C(=O)O. The van der Waals surface area contributed by atoms with Crippen LogP contribution in [0.1, 0.15) is 6.42 Å². The molecule has 0 aromatic rings. The molecule has 5 N–H and O–H groups in total. The predicted molar refractivity (Wildman–Crippen MR) is 53.9 cm³/mol. The molecule has 0 fully saturated rings. The summed E-state index contributed by atoms with van der Waals surface area (Å²) in [6.07, 6.45) is 0.514. The van der Waals surface area contributed by atoms with E-state index in [2.05, 4.69) is 0 Å². The van der Waals surface area contributed by atoms with Crippen molar-refractivity contribution in [3.8, 4) is 0 Å². The lowest BCUT2D eigenvalue weighted by molar-refractivity contribution is -0.138. The highest BCUT2D eigenvalue weighted by Crippen LogP contribution is 2.02. The van der Waals surface area contributed by atoms with Gasteiger partial charge in [0.15, 0.2) is 0 Å². The molecule has 0 aliphatic heterocycles. The van der Waals surface area contributed by atoms with E-state index >= 15 is 0 Å². The molecule has 0 amide bonds. The fourth-order valence-corrected chi connectivity index (χ4v) is 1.31. The summed E-state index contributed by atoms with van der Waals surface area (Å²) in [6, 6.07) is -0.722. The Hall–Kier alpha value is 0.0300. The van der Waals surface area contributed by atoms with Gasteiger partial charge in [0.2, 0.25) is 0 Å². The Balaban J connectivity index is 0. The molecule has 0 rings (SSSR count). The number of halogens is 1. The summed E-state index contributed by atoms with van der Waals surface area (Å²) in [7, 11) is 0. The van der Waals surface area contributed by atoms with Gasteiger partial charge in [-0.25, -0.2) is 0 Å². The molecular formula is C6H15ClN2O2S. The molecule has 0 aliphatic carbocycles. The summed E-state index contributed by atoms with van der Waals surface area (Å²) < 4.78 is 0. The lowest BCUT2D eigenvalue weighted by Gasteiger charge is -2.04. The van der Waals surface area contributed by atoms with Crippen LogP contribution in [-0.2, 0) is 4.79 Å². The number of carbonyl (C=O) groups is 1. The molecule has 0 aromatic carbocycles. The number of hydrogen-bond acceptors (Lipinski definition) is 4. The smallest absolute Gasteiger partial charge is 0.320 e. The first-order chi connectivity index (χ1) is 5.18. The second-order valence-electron chi connectivity index (χ2n) is 2.13. The van der Waals surface area contributed by atoms with E-state index in [0.29, 0.717) is 13.0 Å². The van der Waals surface area contributed by atoms with Crippen molar-refractivity contribution in [2.45, 2.75) is 12.5 Å². The zero-order valence-corrected chi connectivity index (χ0v) is 8.37. The normalized spacial score (nSPS) is 11.8. The topological polar surface area (TPSA) is 89.3 Å². The van der Waals surface area contributed by atoms with Crippen molar-refractivity contribution in [3.05, 3.63) is 0 Å². The van der Waals surface area contributed by atoms with Crippen LogP contribution in [0.5, 0.6) is 0 Å². The number of nitrogens with two attached hydrogens (primary N) is 2. The molecule has 0 radical (unpaired) electrons. The molecule has 0 saturated heterocycles. The van der Waals surface area contributed by atoms with Crippen molar-refractivity contribution < 1.29 is 9.90 Å². The summed E-state index contributed by atoms with van der Waals surface area (Å²) >= 11 is 1.63. The fourth-order valence-electron chi connectivity index (χ4n) is 0.519. The van der Waals surface area contributed by atoms with E-state index in [1.165, 1.54) is 0 Å². The minimum absolute atomic E-state index is 0. The molecule has 0 saturated carbocycles. The first kappa shape index (κ1) is 14.5. The summed E-state index contributed by atoms with van der Waals surface area (Å²) in [5.74, 6) is 0.704. The zero-order chi connectivity index (χ0) is 8.69. The highest BCUT2D eigenvalue weighted by atomic mass is 35.5. The Morgan fingerprint density at radius 2 is 2.08 bits per heavy atom. The van der Waals surface area contributed by atoms with Gasteiger partial charge in [0.25, 0.3) is 0 Å². The van der Waals surface area contributed by atoms with Gasteiger partial charge in [-0.15, -0.1) is 12.4 Å². The van der Waals surface area contributed by atoms with Crippen LogP contribution < -0.4 is 11.5 Å². The highest BCUT2D eigenvalue weighted by Gasteiger charge is 2.09. The fraction of sp³-hybridized carbons (Fsp3) is 0.833. The molecule has 74 valence electrons. The molecule has 0 heterocycles. The van der Waals surface area contributed by atoms with E-state index in [4.69, 9.17) is 16.6 Å². The maximum Gasteiger partial charge on any atom is 0.320 e. The van der Waals surface area contributed by atoms with Crippen LogP contribution in [0, 0.1) is 0 Å². The van der Waals surface area contributed by atoms with Gasteiger partial charge in [-0.2, -0.15) is 11.8 Å². The van der Waals surface area contributed by atoms with Crippen LogP contribution in [0.4, 0.5) is 0 Å². The molecule has 1 atom stereocenters. The van der Waals surface area contributed by atoms with E-state index in [1.54, 1.807) is 11.8 Å². The van der Waals surface area contributed by atoms with Crippen LogP contribution >= 0.6 is 24.2 Å². The van der Waals surface area contributed by atoms with Crippen LogP contribution in [-0.4, -0.2) is 35.2 Å². The quantitative estimate of drug-likeness (QED) is 0.538. The van der Waals surface area contributed by atoms with Gasteiger partial charge < -0.3 is 16.6 Å². The van der Waals surface area contributed by atoms with Crippen molar-refractivity contribution in [1.82, 2.24) is 0 Å². The number of carboxylic acids is 1. The van der Waals surface area contributed by atoms with E-state index in [-0.39, 0.29) is 12.4 Å². The Morgan fingerprint density at radius 1 is 1.50 bits per heavy atom. The summed E-state index contributed by atoms with van der Waals surface area (Å²) in [6.45, 7) is 0.632. The maximum absolute atomic E-state index is 10.2. The van der Waals surface area contributed by atoms with Crippen LogP contribution in [0.15, 0.2) is 0 Å². The molecule has 0 spiro atoms. The van der Waals surface area contributed by atoms with E-state index < -0.39 is 12.0 Å². The van der Waals surface area contributed by atoms with E-state index in [9.17, 15) is 4.79 Å². The summed E-state index contributed by atoms with van der Waals surface area (Å²) in [5, 5.41) is 8.38. The first-order valence-corrected chi connectivity index (χ1v) is 4.60. The van der Waals surface area contributed by atoms with Gasteiger partial charge in [-0.3, -0.25) is 4.79 Å². The van der Waals surface area contributed by atoms with Crippen molar-refractivity contribution in [2.24, 2.45) is 11.5 Å². The van der Waals surface area contributed by atoms with Crippen molar-refractivity contribution in [1.29, 1.82) is 0 Å². The minimum Gasteiger partial charge on any atom is -0.480 e. The number of aliphatic carboxylic acids is 1. The zero-order valence-electron chi connectivity index (χ0n) is 6.73. The molecular weight excluding hydrogens is 200 g/mol. The third-order valence-corrected chi connectivity index (χ3v) is 2.20. The van der Waals surface area contributed by atoms with E-state index in [1.807, 2.05) is 0 Å². The highest BCUT2D eigenvalue weighted by molar-refractivity contribution is 7.99. The Bertz CT molecular complexity index is 126. The maximum atomic E-state index is 10.2. The summed E-state index contributed by atoms with van der Waals surface area (Å²) in [4.78, 5) is 10.2. The van der Waals surface area contributed by atoms with Crippen LogP contribution in [0.3, 0.4) is 0 Å². The van der Waals surface area contributed by atoms with Gasteiger partial charge in [0.05, 0.1) is 0 Å². The van der Waals surface area contributed by atoms with Gasteiger partial charge >= 0.3 is 5.97 Å². The van der Waals surface area contributed by atoms with Gasteiger partial charge in [-0.05, 0) is 12.2 Å².